The van der Waals surface area contributed by atoms with Crippen molar-refractivity contribution < 1.29 is 33.1 Å². The third kappa shape index (κ3) is 13.3. The number of hydrogen-bond acceptors (Lipinski definition) is 26. The molecule has 0 saturated carbocycles. The summed E-state index contributed by atoms with van der Waals surface area (Å²) in [6.45, 7) is 29.0. The van der Waals surface area contributed by atoms with E-state index in [-0.39, 0.29) is 18.5 Å². The Hall–Kier alpha value is -14.4. The summed E-state index contributed by atoms with van der Waals surface area (Å²) in [6.07, 6.45) is 22.5. The van der Waals surface area contributed by atoms with Crippen molar-refractivity contribution in [2.24, 2.45) is 0 Å². The highest BCUT2D eigenvalue weighted by Gasteiger charge is 2.43. The summed E-state index contributed by atoms with van der Waals surface area (Å²) in [5, 5.41) is 10.1. The quantitative estimate of drug-likeness (QED) is 0.137. The van der Waals surface area contributed by atoms with Crippen LogP contribution in [0.4, 0.5) is 63.3 Å². The van der Waals surface area contributed by atoms with Crippen molar-refractivity contribution in [3.05, 3.63) is 241 Å². The maximum absolute atomic E-state index is 8.73. The first-order valence-electron chi connectivity index (χ1n) is 45.9. The van der Waals surface area contributed by atoms with Crippen molar-refractivity contribution in [3.8, 4) is 0 Å². The molecule has 0 aliphatic carbocycles. The molecule has 5 aromatic carbocycles. The number of furan rings is 5. The van der Waals surface area contributed by atoms with Gasteiger partial charge in [-0.3, -0.25) is 14.7 Å². The zero-order valence-electron chi connectivity index (χ0n) is 80.9. The van der Waals surface area contributed by atoms with Crippen LogP contribution in [0, 0.1) is 48.5 Å². The lowest BCUT2D eigenvalue weighted by atomic mass is 10.1. The predicted molar refractivity (Wildman–Crippen MR) is 502 cm³/mol. The monoisotopic (exact) mass is 1670 g/mol. The van der Waals surface area contributed by atoms with Crippen LogP contribution in [0.25, 0.3) is 110 Å². The van der Waals surface area contributed by atoms with Crippen molar-refractivity contribution in [2.75, 3.05) is 53.2 Å². The topological polar surface area (TPSA) is 240 Å². The maximum Gasteiger partial charge on any atom is 0.227 e. The zero-order valence-corrected chi connectivity index (χ0v) is 72.9. The average molecular weight is 1670 g/mol. The third-order valence-electron chi connectivity index (χ3n) is 24.4. The second-order valence-electron chi connectivity index (χ2n) is 32.9. The van der Waals surface area contributed by atoms with E-state index in [9.17, 15) is 0 Å². The summed E-state index contributed by atoms with van der Waals surface area (Å²) in [6, 6.07) is 38.3. The number of anilines is 11. The summed E-state index contributed by atoms with van der Waals surface area (Å²) in [4.78, 5) is 68.8. The lowest BCUT2D eigenvalue weighted by Crippen LogP contribution is -2.42. The molecule has 0 amide bonds. The number of nitrogens with zero attached hydrogens (tertiary/aromatic N) is 21. The average Bonchev–Trinajstić information content (AvgIpc) is 1.46. The standard InChI is InChI=1S/2C21H21N5O.C20H23N3O.C19H17N5O.C18H19N3O/c2*1-12(2)25-14(4)26(20-19(25)22-10-11-23-20)17-13(3)7-8-15-16-6-5-9-24-21(16)27-18(15)17;1-12(2)22-10-11-23(15(22)5)18-13(3)6-8-16-17-9-7-14(4)21-20(17)24-19(16)18;1-11-6-7-13-14-5-4-8-22-19(14)25-16(13)15(11)24-12(2)23(3)17-18(24)21-10-9-20-17;1-11-5-7-14-15-8-6-12(2)19-18(15)22-17(14)16(11)21-10-9-20(4)13(21)3/h2*5-12,14H,1-4H3;6-12,15H,1-5H3;4-10,12H,1-3H3;5-10,13H,1-4H3/i1D3,12D;12D;;3D3;. The van der Waals surface area contributed by atoms with Crippen molar-refractivity contribution in [1.82, 2.24) is 64.6 Å². The smallest absolute Gasteiger partial charge is 0.227 e. The number of hydrogen-bond donors (Lipinski definition) is 0. The van der Waals surface area contributed by atoms with E-state index in [1.165, 1.54) is 40.2 Å². The largest absolute Gasteiger partial charge is 0.435 e. The first-order chi connectivity index (χ1) is 63.4. The van der Waals surface area contributed by atoms with Crippen molar-refractivity contribution in [1.29, 1.82) is 0 Å². The van der Waals surface area contributed by atoms with E-state index in [2.05, 4.69) is 215 Å². The fraction of sp³-hybridized carbons (Fsp3) is 0.283. The number of aromatic nitrogens is 11. The fourth-order valence-electron chi connectivity index (χ4n) is 18.2. The molecule has 6 unspecified atom stereocenters. The molecule has 26 nitrogen and oxygen atoms in total. The molecule has 26 heteroatoms. The van der Waals surface area contributed by atoms with Crippen LogP contribution in [0.15, 0.2) is 224 Å². The maximum atomic E-state index is 8.73. The molecule has 5 aliphatic heterocycles. The molecular formula is C99H101N21O5. The van der Waals surface area contributed by atoms with Crippen LogP contribution in [0.1, 0.15) is 126 Å². The van der Waals surface area contributed by atoms with Gasteiger partial charge >= 0.3 is 0 Å². The summed E-state index contributed by atoms with van der Waals surface area (Å²) in [7, 11) is 2.08. The Morgan fingerprint density at radius 3 is 1.02 bits per heavy atom. The van der Waals surface area contributed by atoms with Gasteiger partial charge in [0, 0.05) is 186 Å². The van der Waals surface area contributed by atoms with E-state index >= 15 is 0 Å². The molecular weight excluding hydrogens is 1560 g/mol. The fourth-order valence-corrected chi connectivity index (χ4v) is 18.2. The molecule has 13 aromatic heterocycles. The second-order valence-corrected chi connectivity index (χ2v) is 32.9. The Bertz CT molecular complexity index is 7500. The molecule has 0 bridgehead atoms. The first-order valence-corrected chi connectivity index (χ1v) is 41.9. The number of rotatable bonds is 8. The van der Waals surface area contributed by atoms with Gasteiger partial charge in [-0.1, -0.05) is 60.7 Å². The van der Waals surface area contributed by atoms with Crippen LogP contribution < -0.4 is 39.2 Å². The van der Waals surface area contributed by atoms with E-state index in [0.717, 1.165) is 133 Å². The molecule has 6 atom stereocenters. The Morgan fingerprint density at radius 1 is 0.320 bits per heavy atom. The van der Waals surface area contributed by atoms with Gasteiger partial charge in [0.15, 0.2) is 62.8 Å². The summed E-state index contributed by atoms with van der Waals surface area (Å²) < 4.78 is 96.0. The minimum Gasteiger partial charge on any atom is -0.435 e. The van der Waals surface area contributed by atoms with E-state index < -0.39 is 38.2 Å². The Balaban J connectivity index is 0.000000108. The summed E-state index contributed by atoms with van der Waals surface area (Å²) in [5.41, 5.74) is 19.1. The van der Waals surface area contributed by atoms with E-state index in [0.29, 0.717) is 74.9 Å². The number of aryl methyl sites for hydroxylation is 7. The Labute approximate surface area is 735 Å². The van der Waals surface area contributed by atoms with Gasteiger partial charge in [-0.25, -0.2) is 54.8 Å². The van der Waals surface area contributed by atoms with Gasteiger partial charge in [0.25, 0.3) is 0 Å². The van der Waals surface area contributed by atoms with E-state index in [1.807, 2.05) is 143 Å². The number of benzene rings is 5. The van der Waals surface area contributed by atoms with Crippen LogP contribution in [0.3, 0.4) is 0 Å². The Kier molecular flexibility index (Phi) is 17.9. The molecule has 23 rings (SSSR count). The van der Waals surface area contributed by atoms with Gasteiger partial charge in [-0.05, 0) is 213 Å². The SMILES string of the molecule is Cc1ccc2c(n1)oc1c(N3C=CN(C(C)C)C3C)c(C)ccc12.Cc1ccc2c(n1)oc1c(N3C=CN(C)C3C)c(C)ccc12.[2H]C(C)(C)N1c2nccnc2N(c2c(C)ccc3c2oc2ncccc23)C1C.[2H]C([2H])([2H])C([2H])(C)N1c2nccnc2N(c2c(C)ccc3c2oc2ncccc23)C1C.[2H]C([2H])([2H])N1c2nccnc2N(c2c(C)ccc3c2oc2ncccc23)C1C. The highest BCUT2D eigenvalue weighted by molar-refractivity contribution is 6.14. The zero-order chi connectivity index (χ0) is 93.8. The van der Waals surface area contributed by atoms with Gasteiger partial charge in [0.05, 0.1) is 31.2 Å². The second kappa shape index (κ2) is 31.5. The molecule has 0 spiro atoms. The van der Waals surface area contributed by atoms with Crippen LogP contribution >= 0.6 is 0 Å². The minimum atomic E-state index is -2.56. The minimum absolute atomic E-state index is 0.143. The summed E-state index contributed by atoms with van der Waals surface area (Å²) in [5.74, 6) is 3.12. The van der Waals surface area contributed by atoms with Crippen LogP contribution in [0.5, 0.6) is 0 Å². The van der Waals surface area contributed by atoms with Crippen molar-refractivity contribution in [2.45, 2.75) is 173 Å². The predicted octanol–water partition coefficient (Wildman–Crippen LogP) is 22.7. The first kappa shape index (κ1) is 71.2. The van der Waals surface area contributed by atoms with Crippen LogP contribution in [-0.2, 0) is 0 Å². The van der Waals surface area contributed by atoms with Gasteiger partial charge < -0.3 is 56.4 Å². The third-order valence-corrected chi connectivity index (χ3v) is 24.4. The van der Waals surface area contributed by atoms with Gasteiger partial charge in [0.2, 0.25) is 28.6 Å². The van der Waals surface area contributed by atoms with Gasteiger partial charge in [-0.15, -0.1) is 0 Å². The molecule has 18 heterocycles. The summed E-state index contributed by atoms with van der Waals surface area (Å²) >= 11 is 0. The van der Waals surface area contributed by atoms with Crippen molar-refractivity contribution >= 4 is 174 Å². The molecule has 0 fully saturated rings. The lowest BCUT2D eigenvalue weighted by molar-refractivity contribution is 0.263. The van der Waals surface area contributed by atoms with E-state index in [4.69, 9.17) is 33.1 Å². The molecule has 0 radical (unpaired) electrons. The molecule has 0 N–H and O–H groups in total. The molecule has 0 saturated heterocycles. The van der Waals surface area contributed by atoms with Crippen LogP contribution in [0.2, 0.25) is 0 Å². The molecule has 632 valence electrons. The van der Waals surface area contributed by atoms with Gasteiger partial charge in [0.1, 0.15) is 30.8 Å². The lowest BCUT2D eigenvalue weighted by Gasteiger charge is -2.33. The number of fused-ring (bicyclic) bond motifs is 18. The molecule has 18 aromatic rings. The Morgan fingerprint density at radius 2 is 0.648 bits per heavy atom. The van der Waals surface area contributed by atoms with E-state index in [1.54, 1.807) is 43.4 Å². The molecule has 5 aliphatic rings. The molecule has 125 heavy (non-hydrogen) atoms. The highest BCUT2D eigenvalue weighted by Crippen LogP contribution is 2.52. The van der Waals surface area contributed by atoms with Gasteiger partial charge in [-0.2, -0.15) is 0 Å². The highest BCUT2D eigenvalue weighted by atomic mass is 16.4. The normalized spacial score (nSPS) is 18.9. The van der Waals surface area contributed by atoms with Crippen molar-refractivity contribution in [3.63, 3.8) is 0 Å². The van der Waals surface area contributed by atoms with Crippen LogP contribution in [-0.4, -0.2) is 128 Å². The number of pyridine rings is 5.